The summed E-state index contributed by atoms with van der Waals surface area (Å²) in [6.45, 7) is 3.02. The van der Waals surface area contributed by atoms with Gasteiger partial charge in [0.05, 0.1) is 0 Å². The first-order valence-corrected chi connectivity index (χ1v) is 8.04. The average molecular weight is 301 g/mol. The number of aromatic nitrogens is 2. The summed E-state index contributed by atoms with van der Waals surface area (Å²) >= 11 is 0. The minimum Gasteiger partial charge on any atom is -0.478 e. The zero-order chi connectivity index (χ0) is 15.8. The van der Waals surface area contributed by atoms with E-state index in [1.54, 1.807) is 0 Å². The van der Waals surface area contributed by atoms with Crippen LogP contribution in [0.4, 0.5) is 0 Å². The lowest BCUT2D eigenvalue weighted by atomic mass is 10.1. The standard InChI is InChI=1S/C18H24N2O2/c1-2-3-4-8-11-17-19(12-13-20(17)15-18(21)22)14-16-9-6-5-7-10-16/h5-7,9-10,12-13H,2-4,8,11,14-15H2,1H3/p+1. The van der Waals surface area contributed by atoms with Crippen LogP contribution in [0.3, 0.4) is 0 Å². The lowest BCUT2D eigenvalue weighted by Crippen LogP contribution is -2.38. The number of benzene rings is 1. The van der Waals surface area contributed by atoms with Crippen molar-refractivity contribution < 1.29 is 14.5 Å². The Morgan fingerprint density at radius 1 is 1.18 bits per heavy atom. The smallest absolute Gasteiger partial charge is 0.346 e. The van der Waals surface area contributed by atoms with Crippen molar-refractivity contribution in [2.45, 2.75) is 52.1 Å². The first-order chi connectivity index (χ1) is 10.7. The molecule has 0 spiro atoms. The van der Waals surface area contributed by atoms with E-state index in [0.29, 0.717) is 0 Å². The molecular weight excluding hydrogens is 276 g/mol. The molecule has 0 unspecified atom stereocenters. The lowest BCUT2D eigenvalue weighted by molar-refractivity contribution is -0.695. The largest absolute Gasteiger partial charge is 0.478 e. The van der Waals surface area contributed by atoms with Crippen LogP contribution in [-0.2, 0) is 24.3 Å². The second-order valence-electron chi connectivity index (χ2n) is 5.66. The Kier molecular flexibility index (Phi) is 6.19. The van der Waals surface area contributed by atoms with Crippen LogP contribution in [0.5, 0.6) is 0 Å². The molecule has 0 saturated heterocycles. The summed E-state index contributed by atoms with van der Waals surface area (Å²) in [4.78, 5) is 11.0. The van der Waals surface area contributed by atoms with Gasteiger partial charge in [-0.05, 0) is 12.0 Å². The maximum Gasteiger partial charge on any atom is 0.346 e. The van der Waals surface area contributed by atoms with E-state index in [1.165, 1.54) is 24.8 Å². The van der Waals surface area contributed by atoms with Crippen LogP contribution in [-0.4, -0.2) is 15.6 Å². The number of nitrogens with zero attached hydrogens (tertiary/aromatic N) is 2. The minimum absolute atomic E-state index is 0.0326. The van der Waals surface area contributed by atoms with Crippen molar-refractivity contribution in [1.82, 2.24) is 4.57 Å². The van der Waals surface area contributed by atoms with Gasteiger partial charge in [-0.25, -0.2) is 13.9 Å². The highest BCUT2D eigenvalue weighted by Gasteiger charge is 2.18. The molecule has 1 N–H and O–H groups in total. The molecule has 4 nitrogen and oxygen atoms in total. The Bertz CT molecular complexity index is 590. The van der Waals surface area contributed by atoms with Gasteiger partial charge in [0.2, 0.25) is 0 Å². The quantitative estimate of drug-likeness (QED) is 0.571. The van der Waals surface area contributed by atoms with Gasteiger partial charge < -0.3 is 5.11 Å². The molecule has 2 rings (SSSR count). The van der Waals surface area contributed by atoms with E-state index >= 15 is 0 Å². The monoisotopic (exact) mass is 301 g/mol. The van der Waals surface area contributed by atoms with Crippen LogP contribution in [0.2, 0.25) is 0 Å². The molecule has 0 radical (unpaired) electrons. The molecule has 0 amide bonds. The van der Waals surface area contributed by atoms with Gasteiger partial charge in [0.25, 0.3) is 5.82 Å². The van der Waals surface area contributed by atoms with Gasteiger partial charge in [-0.1, -0.05) is 56.5 Å². The fourth-order valence-electron chi connectivity index (χ4n) is 2.71. The number of imidazole rings is 1. The van der Waals surface area contributed by atoms with Crippen molar-refractivity contribution in [2.24, 2.45) is 0 Å². The van der Waals surface area contributed by atoms with E-state index in [-0.39, 0.29) is 6.54 Å². The van der Waals surface area contributed by atoms with Crippen molar-refractivity contribution in [1.29, 1.82) is 0 Å². The van der Waals surface area contributed by atoms with E-state index in [0.717, 1.165) is 25.2 Å². The molecule has 0 aliphatic carbocycles. The van der Waals surface area contributed by atoms with Crippen molar-refractivity contribution in [3.8, 4) is 0 Å². The topological polar surface area (TPSA) is 46.1 Å². The maximum atomic E-state index is 11.0. The van der Waals surface area contributed by atoms with Crippen LogP contribution in [0.1, 0.15) is 44.0 Å². The van der Waals surface area contributed by atoms with Crippen LogP contribution in [0.25, 0.3) is 0 Å². The fourth-order valence-corrected chi connectivity index (χ4v) is 2.71. The number of carbonyl (C=O) groups is 1. The number of hydrogen-bond acceptors (Lipinski definition) is 1. The second kappa shape index (κ2) is 8.37. The summed E-state index contributed by atoms with van der Waals surface area (Å²) in [5.74, 6) is 0.305. The van der Waals surface area contributed by atoms with Gasteiger partial charge in [0, 0.05) is 6.42 Å². The molecule has 0 aliphatic heterocycles. The Balaban J connectivity index is 2.13. The molecule has 0 atom stereocenters. The van der Waals surface area contributed by atoms with Crippen molar-refractivity contribution in [2.75, 3.05) is 0 Å². The van der Waals surface area contributed by atoms with Gasteiger partial charge in [-0.15, -0.1) is 0 Å². The average Bonchev–Trinajstić information content (AvgIpc) is 2.86. The van der Waals surface area contributed by atoms with Crippen LogP contribution >= 0.6 is 0 Å². The normalized spacial score (nSPS) is 10.8. The second-order valence-corrected chi connectivity index (χ2v) is 5.66. The Morgan fingerprint density at radius 3 is 2.64 bits per heavy atom. The Labute approximate surface area is 132 Å². The zero-order valence-corrected chi connectivity index (χ0v) is 13.2. The molecule has 1 aromatic carbocycles. The number of unbranched alkanes of at least 4 members (excludes halogenated alkanes) is 3. The number of carboxylic acid groups (broad SMARTS) is 1. The zero-order valence-electron chi connectivity index (χ0n) is 13.2. The third-order valence-electron chi connectivity index (χ3n) is 3.84. The minimum atomic E-state index is -0.794. The van der Waals surface area contributed by atoms with E-state index in [9.17, 15) is 4.79 Å². The third-order valence-corrected chi connectivity index (χ3v) is 3.84. The van der Waals surface area contributed by atoms with Crippen molar-refractivity contribution >= 4 is 5.97 Å². The molecule has 1 aromatic heterocycles. The number of carboxylic acids is 1. The van der Waals surface area contributed by atoms with Gasteiger partial charge in [0.15, 0.2) is 6.54 Å². The molecule has 0 fully saturated rings. The molecule has 4 heteroatoms. The van der Waals surface area contributed by atoms with Gasteiger partial charge in [0.1, 0.15) is 18.9 Å². The van der Waals surface area contributed by atoms with Gasteiger partial charge in [-0.2, -0.15) is 0 Å². The number of rotatable bonds is 9. The van der Waals surface area contributed by atoms with Crippen LogP contribution < -0.4 is 4.57 Å². The maximum absolute atomic E-state index is 11.0. The van der Waals surface area contributed by atoms with Crippen LogP contribution in [0.15, 0.2) is 42.7 Å². The van der Waals surface area contributed by atoms with E-state index in [2.05, 4.69) is 23.6 Å². The third kappa shape index (κ3) is 4.72. The highest BCUT2D eigenvalue weighted by Crippen LogP contribution is 2.07. The summed E-state index contributed by atoms with van der Waals surface area (Å²) in [7, 11) is 0. The van der Waals surface area contributed by atoms with E-state index < -0.39 is 5.97 Å². The highest BCUT2D eigenvalue weighted by molar-refractivity contribution is 5.66. The van der Waals surface area contributed by atoms with Gasteiger partial charge in [-0.3, -0.25) is 0 Å². The highest BCUT2D eigenvalue weighted by atomic mass is 16.4. The first kappa shape index (κ1) is 16.3. The Morgan fingerprint density at radius 2 is 1.95 bits per heavy atom. The van der Waals surface area contributed by atoms with E-state index in [1.807, 2.05) is 35.2 Å². The number of aliphatic carboxylic acids is 1. The summed E-state index contributed by atoms with van der Waals surface area (Å²) in [6, 6.07) is 10.3. The van der Waals surface area contributed by atoms with Crippen molar-refractivity contribution in [3.63, 3.8) is 0 Å². The molecule has 2 aromatic rings. The fraction of sp³-hybridized carbons (Fsp3) is 0.444. The lowest BCUT2D eigenvalue weighted by Gasteiger charge is -2.05. The molecule has 0 saturated carbocycles. The summed E-state index contributed by atoms with van der Waals surface area (Å²) in [5.41, 5.74) is 1.23. The predicted octanol–water partition coefficient (Wildman–Crippen LogP) is 3.03. The summed E-state index contributed by atoms with van der Waals surface area (Å²) in [5, 5.41) is 9.07. The van der Waals surface area contributed by atoms with Crippen molar-refractivity contribution in [3.05, 3.63) is 54.1 Å². The molecule has 1 heterocycles. The first-order valence-electron chi connectivity index (χ1n) is 8.04. The Hall–Kier alpha value is -2.10. The van der Waals surface area contributed by atoms with Gasteiger partial charge >= 0.3 is 5.97 Å². The van der Waals surface area contributed by atoms with Crippen LogP contribution in [0, 0.1) is 0 Å². The SMILES string of the molecule is CCCCCCc1n(CC(=O)O)cc[n+]1Cc1ccccc1. The molecule has 0 bridgehead atoms. The van der Waals surface area contributed by atoms with E-state index in [4.69, 9.17) is 5.11 Å². The molecule has 118 valence electrons. The summed E-state index contributed by atoms with van der Waals surface area (Å²) < 4.78 is 4.03. The molecule has 22 heavy (non-hydrogen) atoms. The molecule has 0 aliphatic rings. The number of hydrogen-bond donors (Lipinski definition) is 1. The summed E-state index contributed by atoms with van der Waals surface area (Å²) in [6.07, 6.45) is 9.54. The predicted molar refractivity (Wildman–Crippen MR) is 85.7 cm³/mol. The molecular formula is C18H25N2O2+.